The van der Waals surface area contributed by atoms with E-state index >= 15 is 0 Å². The fraction of sp³-hybridized carbons (Fsp3) is 0.561. The number of phenols is 1. The van der Waals surface area contributed by atoms with Gasteiger partial charge in [-0.25, -0.2) is 4.79 Å². The molecule has 6 rings (SSSR count). The van der Waals surface area contributed by atoms with Crippen molar-refractivity contribution >= 4 is 22.6 Å². The fourth-order valence-electron chi connectivity index (χ4n) is 8.61. The number of carbonyl (C=O) groups is 1. The maximum absolute atomic E-state index is 14.3. The van der Waals surface area contributed by atoms with Crippen molar-refractivity contribution in [1.82, 2.24) is 15.2 Å². The average Bonchev–Trinajstić information content (AvgIpc) is 3.53. The highest BCUT2D eigenvalue weighted by Gasteiger charge is 2.64. The Balaban J connectivity index is 1.45. The number of oxime groups is 1. The normalized spacial score (nSPS) is 25.9. The molecule has 0 spiro atoms. The molecule has 1 aliphatic heterocycles. The first-order valence-electron chi connectivity index (χ1n) is 19.0. The topological polar surface area (TPSA) is 160 Å². The van der Waals surface area contributed by atoms with Gasteiger partial charge in [0.25, 0.3) is 0 Å². The van der Waals surface area contributed by atoms with Gasteiger partial charge in [0.1, 0.15) is 23.1 Å². The molecule has 0 saturated heterocycles. The van der Waals surface area contributed by atoms with Crippen LogP contribution < -0.4 is 10.1 Å². The van der Waals surface area contributed by atoms with E-state index in [1.54, 1.807) is 23.1 Å². The number of unbranched alkanes of at least 4 members (excludes halogenated alkanes) is 2. The Morgan fingerprint density at radius 3 is 2.54 bits per heavy atom. The van der Waals surface area contributed by atoms with E-state index < -0.39 is 23.3 Å². The third-order valence-corrected chi connectivity index (χ3v) is 10.8. The van der Waals surface area contributed by atoms with Gasteiger partial charge < -0.3 is 45.2 Å². The predicted molar refractivity (Wildman–Crippen MR) is 201 cm³/mol. The van der Waals surface area contributed by atoms with Crippen molar-refractivity contribution in [1.29, 1.82) is 0 Å². The third-order valence-electron chi connectivity index (χ3n) is 10.8. The number of nitrogens with one attached hydrogen (secondary N) is 2. The summed E-state index contributed by atoms with van der Waals surface area (Å²) >= 11 is 0. The molecule has 6 unspecified atom stereocenters. The van der Waals surface area contributed by atoms with Gasteiger partial charge in [-0.15, -0.1) is 0 Å². The number of aliphatic hydroxyl groups is 3. The standard InChI is InChI=1S/C41H56N4O7/c1-5-18-45(39(49)42-25-28-21-27-13-6-7-15-33(27)43-28)36-24-34(44-52-40(2,3)4)31-22-26(12-8-10-19-46)30(14-9-11-20-47)37-32-23-29(48)16-17-35(32)51-41(36,50)38(31)37/h6-7,13,15-17,21-23,26,30,36-38,43,46-48,50H,5,8-12,14,18-20,24-25H2,1-4H3,(H,42,49). The van der Waals surface area contributed by atoms with Gasteiger partial charge in [-0.05, 0) is 106 Å². The van der Waals surface area contributed by atoms with Crippen LogP contribution in [0.4, 0.5) is 4.79 Å². The van der Waals surface area contributed by atoms with Crippen LogP contribution in [-0.4, -0.2) is 79.2 Å². The van der Waals surface area contributed by atoms with Gasteiger partial charge >= 0.3 is 6.03 Å². The van der Waals surface area contributed by atoms with Gasteiger partial charge in [0.05, 0.1) is 18.2 Å². The monoisotopic (exact) mass is 716 g/mol. The number of aliphatic hydroxyl groups excluding tert-OH is 2. The number of allylic oxidation sites excluding steroid dienone is 1. The zero-order chi connectivity index (χ0) is 37.0. The Bertz CT molecular complexity index is 1730. The summed E-state index contributed by atoms with van der Waals surface area (Å²) in [6, 6.07) is 13.9. The lowest BCUT2D eigenvalue weighted by Gasteiger charge is -2.58. The summed E-state index contributed by atoms with van der Waals surface area (Å²) in [5, 5.41) is 52.3. The summed E-state index contributed by atoms with van der Waals surface area (Å²) in [4.78, 5) is 25.5. The first kappa shape index (κ1) is 37.7. The molecule has 3 aromatic rings. The molecule has 1 saturated carbocycles. The van der Waals surface area contributed by atoms with Crippen LogP contribution in [0.1, 0.15) is 96.2 Å². The lowest BCUT2D eigenvalue weighted by Crippen LogP contribution is -2.69. The van der Waals surface area contributed by atoms with E-state index in [0.29, 0.717) is 37.3 Å². The van der Waals surface area contributed by atoms with Crippen molar-refractivity contribution < 1.29 is 34.8 Å². The van der Waals surface area contributed by atoms with Crippen molar-refractivity contribution in [2.45, 2.75) is 109 Å². The van der Waals surface area contributed by atoms with Gasteiger partial charge in [-0.3, -0.25) is 0 Å². The summed E-state index contributed by atoms with van der Waals surface area (Å²) in [7, 11) is 0. The lowest BCUT2D eigenvalue weighted by molar-refractivity contribution is -0.228. The van der Waals surface area contributed by atoms with Gasteiger partial charge in [-0.2, -0.15) is 0 Å². The Kier molecular flexibility index (Phi) is 11.5. The summed E-state index contributed by atoms with van der Waals surface area (Å²) in [5.74, 6) is -2.07. The zero-order valence-electron chi connectivity index (χ0n) is 31.0. The van der Waals surface area contributed by atoms with E-state index in [-0.39, 0.29) is 55.7 Å². The lowest BCUT2D eigenvalue weighted by atomic mass is 9.55. The van der Waals surface area contributed by atoms with E-state index in [2.05, 4.69) is 16.4 Å². The molecule has 1 fully saturated rings. The number of phenolic OH excluding ortho intramolecular Hbond substituents is 1. The molecule has 11 nitrogen and oxygen atoms in total. The van der Waals surface area contributed by atoms with Gasteiger partial charge in [0, 0.05) is 48.9 Å². The van der Waals surface area contributed by atoms with E-state index in [1.807, 2.05) is 58.0 Å². The minimum atomic E-state index is -1.83. The molecule has 2 aromatic carbocycles. The second-order valence-electron chi connectivity index (χ2n) is 15.7. The van der Waals surface area contributed by atoms with Crippen LogP contribution in [-0.2, 0) is 11.4 Å². The number of hydrogen-bond acceptors (Lipinski definition) is 8. The number of hydrogen-bond donors (Lipinski definition) is 6. The van der Waals surface area contributed by atoms with E-state index in [4.69, 9.17) is 14.7 Å². The minimum absolute atomic E-state index is 0.0222. The molecule has 2 aliphatic carbocycles. The minimum Gasteiger partial charge on any atom is -0.508 e. The number of benzene rings is 2. The second-order valence-corrected chi connectivity index (χ2v) is 15.7. The van der Waals surface area contributed by atoms with Crippen LogP contribution in [0.15, 0.2) is 65.3 Å². The summed E-state index contributed by atoms with van der Waals surface area (Å²) in [6.07, 6.45) is 7.61. The molecule has 2 heterocycles. The van der Waals surface area contributed by atoms with Crippen LogP contribution in [0.2, 0.25) is 0 Å². The van der Waals surface area contributed by atoms with E-state index in [9.17, 15) is 25.2 Å². The predicted octanol–water partition coefficient (Wildman–Crippen LogP) is 6.72. The number of aromatic hydroxyl groups is 1. The summed E-state index contributed by atoms with van der Waals surface area (Å²) in [6.45, 7) is 8.65. The van der Waals surface area contributed by atoms with E-state index in [1.165, 1.54) is 0 Å². The highest BCUT2D eigenvalue weighted by Crippen LogP contribution is 2.60. The number of rotatable bonds is 14. The maximum atomic E-state index is 14.3. The van der Waals surface area contributed by atoms with Gasteiger partial charge in [0.15, 0.2) is 0 Å². The molecular formula is C41H56N4O7. The molecule has 3 aliphatic rings. The Morgan fingerprint density at radius 2 is 1.83 bits per heavy atom. The SMILES string of the molecule is CCCN(C(=O)NCc1cc2ccccc2[nH]1)C1CC(=NOC(C)(C)C)C2=CC(CCCCO)C(CCCCO)C3c4cc(O)ccc4OC1(O)C23. The number of para-hydroxylation sites is 1. The smallest absolute Gasteiger partial charge is 0.318 e. The highest BCUT2D eigenvalue weighted by molar-refractivity contribution is 6.03. The average molecular weight is 717 g/mol. The van der Waals surface area contributed by atoms with Crippen molar-refractivity contribution in [3.8, 4) is 11.5 Å². The molecule has 0 radical (unpaired) electrons. The fourth-order valence-corrected chi connectivity index (χ4v) is 8.61. The van der Waals surface area contributed by atoms with Gasteiger partial charge in [-0.1, -0.05) is 49.2 Å². The molecule has 6 N–H and O–H groups in total. The number of carbonyl (C=O) groups excluding carboxylic acids is 1. The first-order valence-corrected chi connectivity index (χ1v) is 19.0. The summed E-state index contributed by atoms with van der Waals surface area (Å²) in [5.41, 5.74) is 3.59. The zero-order valence-corrected chi connectivity index (χ0v) is 31.0. The van der Waals surface area contributed by atoms with Crippen molar-refractivity contribution in [2.75, 3.05) is 19.8 Å². The van der Waals surface area contributed by atoms with Crippen molar-refractivity contribution in [3.05, 3.63) is 71.4 Å². The number of fused-ring (bicyclic) bond motifs is 3. The van der Waals surface area contributed by atoms with E-state index in [0.717, 1.165) is 53.4 Å². The molecule has 11 heteroatoms. The van der Waals surface area contributed by atoms with Crippen LogP contribution in [0.25, 0.3) is 10.9 Å². The number of H-pyrrole nitrogens is 1. The first-order chi connectivity index (χ1) is 25.0. The van der Waals surface area contributed by atoms with Crippen LogP contribution in [0.5, 0.6) is 11.5 Å². The van der Waals surface area contributed by atoms with Gasteiger partial charge in [0.2, 0.25) is 5.79 Å². The highest BCUT2D eigenvalue weighted by atomic mass is 16.6. The Hall–Kier alpha value is -4.06. The number of nitrogens with zero attached hydrogens (tertiary/aromatic N) is 2. The third kappa shape index (κ3) is 7.82. The molecule has 52 heavy (non-hydrogen) atoms. The number of amides is 2. The van der Waals surface area contributed by atoms with Crippen LogP contribution >= 0.6 is 0 Å². The van der Waals surface area contributed by atoms with Crippen molar-refractivity contribution in [3.63, 3.8) is 0 Å². The maximum Gasteiger partial charge on any atom is 0.318 e. The largest absolute Gasteiger partial charge is 0.508 e. The number of aromatic amines is 1. The van der Waals surface area contributed by atoms with Crippen LogP contribution in [0.3, 0.4) is 0 Å². The van der Waals surface area contributed by atoms with Crippen LogP contribution in [0, 0.1) is 17.8 Å². The Labute approximate surface area is 306 Å². The molecule has 2 amide bonds. The summed E-state index contributed by atoms with van der Waals surface area (Å²) < 4.78 is 6.72. The second kappa shape index (κ2) is 15.9. The number of aromatic nitrogens is 1. The molecular weight excluding hydrogens is 660 g/mol. The molecule has 1 aromatic heterocycles. The molecule has 6 atom stereocenters. The van der Waals surface area contributed by atoms with Crippen molar-refractivity contribution in [2.24, 2.45) is 22.9 Å². The Morgan fingerprint density at radius 1 is 1.08 bits per heavy atom. The number of ether oxygens (including phenoxy) is 1. The molecule has 282 valence electrons. The number of urea groups is 1. The molecule has 0 bridgehead atoms. The quantitative estimate of drug-likeness (QED) is 0.0798.